The largest absolute Gasteiger partial charge is 0.504 e. The molecule has 15 nitrogen and oxygen atoms in total. The van der Waals surface area contributed by atoms with Gasteiger partial charge in [-0.25, -0.2) is 14.6 Å². The van der Waals surface area contributed by atoms with Crippen LogP contribution in [0, 0.1) is 5.92 Å². The number of β-lactam (4-membered cyclic amide) rings is 1. The molecule has 1 amide bonds. The molecule has 2 aliphatic rings. The van der Waals surface area contributed by atoms with Gasteiger partial charge < -0.3 is 35.9 Å². The van der Waals surface area contributed by atoms with Crippen molar-refractivity contribution in [2.45, 2.75) is 48.2 Å². The third-order valence-corrected chi connectivity index (χ3v) is 11.5. The van der Waals surface area contributed by atoms with Gasteiger partial charge >= 0.3 is 11.9 Å². The molecular weight excluding hydrogens is 688 g/mol. The molecule has 19 heteroatoms. The number of aliphatic carboxylic acids is 2. The number of carboxylic acid groups (broad SMARTS) is 2. The SMILES string of the molecule is CC(C)(O/N=C(\C(=O)C[C@@H]1C(=O)N2C[C@](SCCCC(=O)C(=O)c3ccc(O)c(O)c3Cl)(C(=O)O)S[C@H]12)c1csc(N)n1)C(=O)O. The number of ketones is 3. The Kier molecular flexibility index (Phi) is 10.2. The number of carbonyl (C=O) groups is 6. The van der Waals surface area contributed by atoms with Crippen LogP contribution in [-0.2, 0) is 28.8 Å². The minimum absolute atomic E-state index is 0.0318. The van der Waals surface area contributed by atoms with Crippen LogP contribution in [0.25, 0.3) is 0 Å². The number of anilines is 1. The maximum Gasteiger partial charge on any atom is 0.350 e. The number of thiazole rings is 1. The molecule has 46 heavy (non-hydrogen) atoms. The third kappa shape index (κ3) is 6.93. The number of Topliss-reactive ketones (excluding diaryl/α,β-unsaturated/α-hetero) is 3. The van der Waals surface area contributed by atoms with Crippen molar-refractivity contribution < 1.29 is 54.0 Å². The topological polar surface area (TPSA) is 247 Å². The number of oxime groups is 1. The number of amides is 1. The summed E-state index contributed by atoms with van der Waals surface area (Å²) in [5.41, 5.74) is 3.32. The molecular formula is C27H27ClN4O11S3. The zero-order valence-corrected chi connectivity index (χ0v) is 27.3. The summed E-state index contributed by atoms with van der Waals surface area (Å²) in [6.07, 6.45) is -0.528. The average molecular weight is 715 g/mol. The van der Waals surface area contributed by atoms with E-state index in [9.17, 15) is 49.2 Å². The molecule has 0 aliphatic carbocycles. The van der Waals surface area contributed by atoms with E-state index >= 15 is 0 Å². The molecule has 6 N–H and O–H groups in total. The third-order valence-electron chi connectivity index (χ3n) is 7.06. The maximum atomic E-state index is 13.3. The molecule has 1 aromatic heterocycles. The van der Waals surface area contributed by atoms with E-state index < -0.39 is 72.7 Å². The highest BCUT2D eigenvalue weighted by Crippen LogP contribution is 2.55. The summed E-state index contributed by atoms with van der Waals surface area (Å²) in [5, 5.41) is 42.8. The van der Waals surface area contributed by atoms with Crippen LogP contribution in [-0.4, -0.2) is 98.6 Å². The molecule has 0 unspecified atom stereocenters. The fourth-order valence-electron chi connectivity index (χ4n) is 4.41. The van der Waals surface area contributed by atoms with Gasteiger partial charge in [-0.2, -0.15) is 0 Å². The highest BCUT2D eigenvalue weighted by molar-refractivity contribution is 8.19. The average Bonchev–Trinajstić information content (AvgIpc) is 3.59. The van der Waals surface area contributed by atoms with Crippen LogP contribution in [0.5, 0.6) is 11.5 Å². The zero-order chi connectivity index (χ0) is 34.1. The van der Waals surface area contributed by atoms with Gasteiger partial charge in [0.2, 0.25) is 23.1 Å². The quantitative estimate of drug-likeness (QED) is 0.0338. The van der Waals surface area contributed by atoms with Crippen LogP contribution in [0.3, 0.4) is 0 Å². The summed E-state index contributed by atoms with van der Waals surface area (Å²) < 4.78 is -1.51. The predicted octanol–water partition coefficient (Wildman–Crippen LogP) is 2.61. The highest BCUT2D eigenvalue weighted by Gasteiger charge is 2.62. The maximum absolute atomic E-state index is 13.3. The van der Waals surface area contributed by atoms with Crippen LogP contribution < -0.4 is 5.73 Å². The molecule has 2 aromatic rings. The van der Waals surface area contributed by atoms with E-state index in [1.54, 1.807) is 0 Å². The predicted molar refractivity (Wildman–Crippen MR) is 168 cm³/mol. The summed E-state index contributed by atoms with van der Waals surface area (Å²) in [6.45, 7) is 2.29. The fraction of sp³-hybridized carbons (Fsp3) is 0.407. The van der Waals surface area contributed by atoms with Gasteiger partial charge in [-0.05, 0) is 38.2 Å². The van der Waals surface area contributed by atoms with Gasteiger partial charge in [0.05, 0.1) is 22.9 Å². The smallest absolute Gasteiger partial charge is 0.350 e. The molecule has 0 saturated carbocycles. The number of halogens is 1. The van der Waals surface area contributed by atoms with Crippen LogP contribution >= 0.6 is 46.5 Å². The fourth-order valence-corrected chi connectivity index (χ4v) is 8.38. The van der Waals surface area contributed by atoms with Gasteiger partial charge in [0.15, 0.2) is 32.2 Å². The van der Waals surface area contributed by atoms with Gasteiger partial charge in [-0.1, -0.05) is 16.8 Å². The number of hydrogen-bond donors (Lipinski definition) is 5. The van der Waals surface area contributed by atoms with Crippen molar-refractivity contribution in [2.75, 3.05) is 18.0 Å². The molecule has 2 saturated heterocycles. The molecule has 0 bridgehead atoms. The van der Waals surface area contributed by atoms with Gasteiger partial charge in [0.25, 0.3) is 0 Å². The second-order valence-electron chi connectivity index (χ2n) is 10.7. The van der Waals surface area contributed by atoms with Crippen molar-refractivity contribution in [3.05, 3.63) is 33.8 Å². The van der Waals surface area contributed by atoms with Gasteiger partial charge in [-0.15, -0.1) is 34.9 Å². The first-order valence-electron chi connectivity index (χ1n) is 13.4. The molecule has 0 spiro atoms. The summed E-state index contributed by atoms with van der Waals surface area (Å²) in [6, 6.07) is 2.13. The Morgan fingerprint density at radius 1 is 1.22 bits per heavy atom. The van der Waals surface area contributed by atoms with Crippen molar-refractivity contribution in [2.24, 2.45) is 11.1 Å². The van der Waals surface area contributed by atoms with Crippen LogP contribution in [0.4, 0.5) is 5.13 Å². The Balaban J connectivity index is 1.39. The summed E-state index contributed by atoms with van der Waals surface area (Å²) in [5.74, 6) is -7.56. The lowest BCUT2D eigenvalue weighted by molar-refractivity contribution is -0.161. The number of rotatable bonds is 15. The first-order chi connectivity index (χ1) is 21.5. The molecule has 246 valence electrons. The van der Waals surface area contributed by atoms with E-state index in [0.717, 1.165) is 47.0 Å². The Morgan fingerprint density at radius 3 is 2.52 bits per heavy atom. The molecule has 2 aliphatic heterocycles. The standard InChI is InChI=1S/C27H27ClN4O11S3/c1-26(2,23(39)40)43-31-18(13-9-44-25(29)30-13)16(35)8-12-21(38)32-10-27(24(41)42,46-22(12)32)45-7-3-4-14(33)19(36)11-5-6-15(34)20(37)17(11)28/h5-6,9,12,22,34,37H,3-4,7-8,10H2,1-2H3,(H2,29,30)(H,39,40)(H,41,42)/b31-18-/t12-,22-,27-/m1/s1. The lowest BCUT2D eigenvalue weighted by atomic mass is 9.90. The molecule has 3 atom stereocenters. The highest BCUT2D eigenvalue weighted by atomic mass is 35.5. The lowest BCUT2D eigenvalue weighted by Crippen LogP contribution is -2.57. The Bertz CT molecular complexity index is 1660. The van der Waals surface area contributed by atoms with Crippen molar-refractivity contribution in [1.29, 1.82) is 0 Å². The van der Waals surface area contributed by atoms with E-state index in [4.69, 9.17) is 22.2 Å². The van der Waals surface area contributed by atoms with Crippen molar-refractivity contribution >= 4 is 92.5 Å². The number of carbonyl (C=O) groups excluding carboxylic acids is 4. The van der Waals surface area contributed by atoms with E-state index in [-0.39, 0.29) is 53.7 Å². The number of fused-ring (bicyclic) bond motifs is 1. The zero-order valence-electron chi connectivity index (χ0n) is 24.1. The van der Waals surface area contributed by atoms with E-state index in [0.29, 0.717) is 0 Å². The minimum atomic E-state index is -1.78. The monoisotopic (exact) mass is 714 g/mol. The van der Waals surface area contributed by atoms with Gasteiger partial charge in [0.1, 0.15) is 5.69 Å². The summed E-state index contributed by atoms with van der Waals surface area (Å²) >= 11 is 8.85. The number of thioether (sulfide) groups is 2. The first kappa shape index (κ1) is 35.0. The summed E-state index contributed by atoms with van der Waals surface area (Å²) in [4.78, 5) is 85.6. The Labute approximate surface area is 278 Å². The van der Waals surface area contributed by atoms with Crippen molar-refractivity contribution in [3.8, 4) is 11.5 Å². The van der Waals surface area contributed by atoms with Gasteiger partial charge in [0, 0.05) is 23.8 Å². The molecule has 3 heterocycles. The number of aromatic nitrogens is 1. The number of hydrogen-bond acceptors (Lipinski definition) is 15. The van der Waals surface area contributed by atoms with Gasteiger partial charge in [-0.3, -0.25) is 19.2 Å². The number of benzene rings is 1. The van der Waals surface area contributed by atoms with E-state index in [1.165, 1.54) is 24.1 Å². The Morgan fingerprint density at radius 2 is 1.91 bits per heavy atom. The van der Waals surface area contributed by atoms with E-state index in [2.05, 4.69) is 10.1 Å². The minimum Gasteiger partial charge on any atom is -0.504 e. The lowest BCUT2D eigenvalue weighted by Gasteiger charge is -2.41. The number of nitrogens with zero attached hydrogens (tertiary/aromatic N) is 3. The van der Waals surface area contributed by atoms with E-state index in [1.807, 2.05) is 0 Å². The normalized spacial score (nSPS) is 21.0. The molecule has 4 rings (SSSR count). The van der Waals surface area contributed by atoms with Crippen LogP contribution in [0.15, 0.2) is 22.7 Å². The number of nitrogens with two attached hydrogens (primary N) is 1. The van der Waals surface area contributed by atoms with Crippen molar-refractivity contribution in [1.82, 2.24) is 9.88 Å². The number of nitrogen functional groups attached to an aromatic ring is 1. The number of phenolic OH excluding ortho intramolecular Hbond substituents is 2. The molecule has 1 aromatic carbocycles. The number of carboxylic acids is 2. The summed E-state index contributed by atoms with van der Waals surface area (Å²) in [7, 11) is 0. The number of phenols is 2. The number of aromatic hydroxyl groups is 2. The van der Waals surface area contributed by atoms with Crippen molar-refractivity contribution in [3.63, 3.8) is 0 Å². The molecule has 2 fully saturated rings. The van der Waals surface area contributed by atoms with Crippen LogP contribution in [0.2, 0.25) is 5.02 Å². The second-order valence-corrected chi connectivity index (χ2v) is 15.0. The first-order valence-corrected chi connectivity index (χ1v) is 16.5. The molecule has 0 radical (unpaired) electrons. The second kappa shape index (κ2) is 13.5. The Hall–Kier alpha value is -3.87. The van der Waals surface area contributed by atoms with Crippen LogP contribution in [0.1, 0.15) is 49.2 Å².